The van der Waals surface area contributed by atoms with Crippen molar-refractivity contribution in [2.45, 2.75) is 32.2 Å². The van der Waals surface area contributed by atoms with Crippen molar-refractivity contribution in [3.63, 3.8) is 0 Å². The first-order chi connectivity index (χ1) is 9.17. The molecule has 1 aromatic rings. The highest BCUT2D eigenvalue weighted by molar-refractivity contribution is 5.95. The lowest BCUT2D eigenvalue weighted by molar-refractivity contribution is 0.0635. The molecule has 1 atom stereocenters. The van der Waals surface area contributed by atoms with Gasteiger partial charge in [0.25, 0.3) is 5.91 Å². The third kappa shape index (κ3) is 2.83. The molecule has 1 fully saturated rings. The van der Waals surface area contributed by atoms with Crippen molar-refractivity contribution in [1.29, 1.82) is 0 Å². The average molecular weight is 263 g/mol. The van der Waals surface area contributed by atoms with Crippen LogP contribution in [0.1, 0.15) is 36.5 Å². The van der Waals surface area contributed by atoms with Gasteiger partial charge in [-0.25, -0.2) is 0 Å². The highest BCUT2D eigenvalue weighted by Crippen LogP contribution is 2.29. The fraction of sp³-hybridized carbons (Fsp3) is 0.533. The lowest BCUT2D eigenvalue weighted by Gasteiger charge is -2.33. The van der Waals surface area contributed by atoms with E-state index in [2.05, 4.69) is 6.92 Å². The number of methoxy groups -OCH3 is 2. The van der Waals surface area contributed by atoms with Gasteiger partial charge in [0.2, 0.25) is 0 Å². The molecule has 0 N–H and O–H groups in total. The van der Waals surface area contributed by atoms with E-state index in [1.54, 1.807) is 32.4 Å². The normalized spacial score (nSPS) is 19.1. The monoisotopic (exact) mass is 263 g/mol. The van der Waals surface area contributed by atoms with Gasteiger partial charge in [-0.05, 0) is 44.4 Å². The fourth-order valence-electron chi connectivity index (χ4n) is 2.53. The van der Waals surface area contributed by atoms with Gasteiger partial charge >= 0.3 is 0 Å². The van der Waals surface area contributed by atoms with E-state index < -0.39 is 0 Å². The second kappa shape index (κ2) is 5.95. The molecule has 1 amide bonds. The predicted octanol–water partition coefficient (Wildman–Crippen LogP) is 2.72. The van der Waals surface area contributed by atoms with Crippen LogP contribution in [0.5, 0.6) is 11.5 Å². The van der Waals surface area contributed by atoms with E-state index in [1.807, 2.05) is 4.90 Å². The summed E-state index contributed by atoms with van der Waals surface area (Å²) in [6.07, 6.45) is 3.37. The molecule has 4 nitrogen and oxygen atoms in total. The van der Waals surface area contributed by atoms with E-state index in [4.69, 9.17) is 9.47 Å². The zero-order valence-corrected chi connectivity index (χ0v) is 11.8. The zero-order chi connectivity index (χ0) is 13.8. The van der Waals surface area contributed by atoms with Crippen LogP contribution < -0.4 is 9.47 Å². The van der Waals surface area contributed by atoms with Crippen LogP contribution in [-0.2, 0) is 0 Å². The molecule has 1 aromatic carbocycles. The molecule has 0 radical (unpaired) electrons. The maximum Gasteiger partial charge on any atom is 0.254 e. The van der Waals surface area contributed by atoms with Gasteiger partial charge in [0, 0.05) is 18.2 Å². The van der Waals surface area contributed by atoms with Gasteiger partial charge in [0.15, 0.2) is 11.5 Å². The fourth-order valence-corrected chi connectivity index (χ4v) is 2.53. The van der Waals surface area contributed by atoms with Gasteiger partial charge in [-0.2, -0.15) is 0 Å². The number of amides is 1. The van der Waals surface area contributed by atoms with E-state index in [-0.39, 0.29) is 5.91 Å². The SMILES string of the molecule is COc1ccc(C(=O)N2CCCC[C@@H]2C)cc1OC. The minimum atomic E-state index is 0.0770. The molecule has 2 rings (SSSR count). The number of nitrogens with zero attached hydrogens (tertiary/aromatic N) is 1. The first-order valence-corrected chi connectivity index (χ1v) is 6.70. The Kier molecular flexibility index (Phi) is 4.30. The van der Waals surface area contributed by atoms with Crippen molar-refractivity contribution < 1.29 is 14.3 Å². The molecule has 0 saturated carbocycles. The van der Waals surface area contributed by atoms with Crippen LogP contribution >= 0.6 is 0 Å². The van der Waals surface area contributed by atoms with Gasteiger partial charge in [-0.15, -0.1) is 0 Å². The number of likely N-dealkylation sites (tertiary alicyclic amines) is 1. The third-order valence-corrected chi connectivity index (χ3v) is 3.69. The molecule has 0 aliphatic carbocycles. The molecule has 1 saturated heterocycles. The molecule has 104 valence electrons. The predicted molar refractivity (Wildman–Crippen MR) is 73.9 cm³/mol. The first kappa shape index (κ1) is 13.7. The minimum Gasteiger partial charge on any atom is -0.493 e. The maximum absolute atomic E-state index is 12.5. The molecule has 0 unspecified atom stereocenters. The lowest BCUT2D eigenvalue weighted by atomic mass is 10.0. The van der Waals surface area contributed by atoms with Gasteiger partial charge < -0.3 is 14.4 Å². The van der Waals surface area contributed by atoms with Crippen LogP contribution in [0.25, 0.3) is 0 Å². The third-order valence-electron chi connectivity index (χ3n) is 3.69. The smallest absolute Gasteiger partial charge is 0.254 e. The standard InChI is InChI=1S/C15H21NO3/c1-11-6-4-5-9-16(11)15(17)12-7-8-13(18-2)14(10-12)19-3/h7-8,10-11H,4-6,9H2,1-3H3/t11-/m0/s1. The summed E-state index contributed by atoms with van der Waals surface area (Å²) in [4.78, 5) is 14.5. The van der Waals surface area contributed by atoms with E-state index >= 15 is 0 Å². The quantitative estimate of drug-likeness (QED) is 0.841. The Bertz CT molecular complexity index is 459. The second-order valence-electron chi connectivity index (χ2n) is 4.91. The van der Waals surface area contributed by atoms with Crippen LogP contribution in [0, 0.1) is 0 Å². The average Bonchev–Trinajstić information content (AvgIpc) is 2.46. The van der Waals surface area contributed by atoms with Crippen molar-refractivity contribution in [2.75, 3.05) is 20.8 Å². The topological polar surface area (TPSA) is 38.8 Å². The Morgan fingerprint density at radius 2 is 1.95 bits per heavy atom. The van der Waals surface area contributed by atoms with E-state index in [9.17, 15) is 4.79 Å². The Morgan fingerprint density at radius 3 is 2.58 bits per heavy atom. The Labute approximate surface area is 114 Å². The summed E-state index contributed by atoms with van der Waals surface area (Å²) in [5.74, 6) is 1.32. The van der Waals surface area contributed by atoms with Gasteiger partial charge in [0.1, 0.15) is 0 Å². The van der Waals surface area contributed by atoms with Crippen molar-refractivity contribution in [3.05, 3.63) is 23.8 Å². The maximum atomic E-state index is 12.5. The molecule has 0 bridgehead atoms. The summed E-state index contributed by atoms with van der Waals surface area (Å²) in [5, 5.41) is 0. The Hall–Kier alpha value is -1.71. The Morgan fingerprint density at radius 1 is 1.21 bits per heavy atom. The van der Waals surface area contributed by atoms with Crippen molar-refractivity contribution in [1.82, 2.24) is 4.90 Å². The summed E-state index contributed by atoms with van der Waals surface area (Å²) in [6, 6.07) is 5.64. The number of hydrogen-bond donors (Lipinski definition) is 0. The Balaban J connectivity index is 2.23. The molecular weight excluding hydrogens is 242 g/mol. The minimum absolute atomic E-state index is 0.0770. The van der Waals surface area contributed by atoms with Crippen molar-refractivity contribution >= 4 is 5.91 Å². The van der Waals surface area contributed by atoms with E-state index in [1.165, 1.54) is 6.42 Å². The highest BCUT2D eigenvalue weighted by Gasteiger charge is 2.24. The summed E-state index contributed by atoms with van der Waals surface area (Å²) in [7, 11) is 3.17. The van der Waals surface area contributed by atoms with E-state index in [0.29, 0.717) is 23.1 Å². The summed E-state index contributed by atoms with van der Waals surface area (Å²) in [5.41, 5.74) is 0.659. The molecule has 0 aromatic heterocycles. The number of benzene rings is 1. The van der Waals surface area contributed by atoms with Gasteiger partial charge in [0.05, 0.1) is 14.2 Å². The highest BCUT2D eigenvalue weighted by atomic mass is 16.5. The number of ether oxygens (including phenoxy) is 2. The lowest BCUT2D eigenvalue weighted by Crippen LogP contribution is -2.42. The van der Waals surface area contributed by atoms with Crippen molar-refractivity contribution in [3.8, 4) is 11.5 Å². The summed E-state index contributed by atoms with van der Waals surface area (Å²) < 4.78 is 10.4. The molecule has 1 heterocycles. The van der Waals surface area contributed by atoms with Crippen LogP contribution in [0.15, 0.2) is 18.2 Å². The largest absolute Gasteiger partial charge is 0.493 e. The molecule has 0 spiro atoms. The number of hydrogen-bond acceptors (Lipinski definition) is 3. The van der Waals surface area contributed by atoms with Gasteiger partial charge in [-0.3, -0.25) is 4.79 Å². The second-order valence-corrected chi connectivity index (χ2v) is 4.91. The van der Waals surface area contributed by atoms with Crippen molar-refractivity contribution in [2.24, 2.45) is 0 Å². The number of carbonyl (C=O) groups excluding carboxylic acids is 1. The number of piperidine rings is 1. The molecular formula is C15H21NO3. The molecule has 19 heavy (non-hydrogen) atoms. The molecule has 4 heteroatoms. The van der Waals surface area contributed by atoms with Crippen LogP contribution in [-0.4, -0.2) is 37.6 Å². The van der Waals surface area contributed by atoms with Crippen LogP contribution in [0.3, 0.4) is 0 Å². The summed E-state index contributed by atoms with van der Waals surface area (Å²) >= 11 is 0. The number of rotatable bonds is 3. The molecule has 1 aliphatic heterocycles. The van der Waals surface area contributed by atoms with Crippen LogP contribution in [0.2, 0.25) is 0 Å². The summed E-state index contributed by atoms with van der Waals surface area (Å²) in [6.45, 7) is 2.95. The number of carbonyl (C=O) groups is 1. The molecule has 1 aliphatic rings. The van der Waals surface area contributed by atoms with E-state index in [0.717, 1.165) is 19.4 Å². The van der Waals surface area contributed by atoms with Crippen LogP contribution in [0.4, 0.5) is 0 Å². The zero-order valence-electron chi connectivity index (χ0n) is 11.8. The first-order valence-electron chi connectivity index (χ1n) is 6.70. The van der Waals surface area contributed by atoms with Gasteiger partial charge in [-0.1, -0.05) is 0 Å².